The molecule has 0 aliphatic heterocycles. The van der Waals surface area contributed by atoms with Crippen molar-refractivity contribution in [3.05, 3.63) is 12.2 Å². The number of carbonyl (C=O) groups is 1. The molecule has 4 rings (SSSR count). The standard InChI is InChI=1S/C20H30O/c1-17-9-5-16-19(3)8-4-7-18(2,14-21)15(19)6-10-20(16,13-17)12-11-17/h11-12,14-16H,4-10,13H2,1-3H3/t15-,16+,17-,18+,19-,20+/m1/s1. The van der Waals surface area contributed by atoms with Crippen LogP contribution < -0.4 is 0 Å². The average Bonchev–Trinajstić information content (AvgIpc) is 2.69. The van der Waals surface area contributed by atoms with E-state index in [1.807, 2.05) is 0 Å². The van der Waals surface area contributed by atoms with Crippen LogP contribution in [0.5, 0.6) is 0 Å². The van der Waals surface area contributed by atoms with Gasteiger partial charge in [-0.1, -0.05) is 39.3 Å². The van der Waals surface area contributed by atoms with Crippen molar-refractivity contribution in [2.24, 2.45) is 33.5 Å². The number of carbonyl (C=O) groups excluding carboxylic acids is 1. The van der Waals surface area contributed by atoms with E-state index in [2.05, 4.69) is 32.9 Å². The average molecular weight is 286 g/mol. The summed E-state index contributed by atoms with van der Waals surface area (Å²) in [4.78, 5) is 11.8. The lowest BCUT2D eigenvalue weighted by Gasteiger charge is -2.63. The third-order valence-electron chi connectivity index (χ3n) is 8.24. The highest BCUT2D eigenvalue weighted by atomic mass is 16.1. The lowest BCUT2D eigenvalue weighted by molar-refractivity contribution is -0.154. The van der Waals surface area contributed by atoms with Crippen LogP contribution in [0.1, 0.15) is 72.1 Å². The van der Waals surface area contributed by atoms with Gasteiger partial charge in [-0.2, -0.15) is 0 Å². The summed E-state index contributed by atoms with van der Waals surface area (Å²) in [6.45, 7) is 7.25. The normalized spacial score (nSPS) is 58.4. The van der Waals surface area contributed by atoms with Crippen molar-refractivity contribution in [3.63, 3.8) is 0 Å². The first-order chi connectivity index (χ1) is 9.86. The van der Waals surface area contributed by atoms with E-state index >= 15 is 0 Å². The van der Waals surface area contributed by atoms with Crippen LogP contribution >= 0.6 is 0 Å². The molecule has 3 saturated carbocycles. The molecule has 0 aromatic rings. The monoisotopic (exact) mass is 286 g/mol. The number of hydrogen-bond acceptors (Lipinski definition) is 1. The number of aldehydes is 1. The minimum atomic E-state index is -0.0579. The van der Waals surface area contributed by atoms with E-state index in [4.69, 9.17) is 0 Å². The summed E-state index contributed by atoms with van der Waals surface area (Å²) in [5, 5.41) is 0. The molecule has 1 spiro atoms. The van der Waals surface area contributed by atoms with E-state index < -0.39 is 0 Å². The summed E-state index contributed by atoms with van der Waals surface area (Å²) in [6.07, 6.45) is 16.9. The van der Waals surface area contributed by atoms with Crippen molar-refractivity contribution in [1.82, 2.24) is 0 Å². The van der Waals surface area contributed by atoms with Crippen LogP contribution in [0.15, 0.2) is 12.2 Å². The minimum Gasteiger partial charge on any atom is -0.303 e. The lowest BCUT2D eigenvalue weighted by atomic mass is 9.40. The molecule has 1 nitrogen and oxygen atoms in total. The van der Waals surface area contributed by atoms with Gasteiger partial charge in [-0.3, -0.25) is 0 Å². The van der Waals surface area contributed by atoms with Gasteiger partial charge in [0.2, 0.25) is 0 Å². The van der Waals surface area contributed by atoms with Crippen LogP contribution in [-0.2, 0) is 4.79 Å². The maximum absolute atomic E-state index is 11.8. The zero-order valence-electron chi connectivity index (χ0n) is 14.0. The Kier molecular flexibility index (Phi) is 2.69. The van der Waals surface area contributed by atoms with E-state index in [1.54, 1.807) is 0 Å². The first kappa shape index (κ1) is 14.0. The van der Waals surface area contributed by atoms with Gasteiger partial charge in [0.1, 0.15) is 6.29 Å². The molecule has 0 aromatic heterocycles. The molecule has 116 valence electrons. The van der Waals surface area contributed by atoms with Gasteiger partial charge in [-0.25, -0.2) is 0 Å². The number of hydrogen-bond donors (Lipinski definition) is 0. The van der Waals surface area contributed by atoms with E-state index in [0.29, 0.717) is 22.2 Å². The molecule has 1 heteroatoms. The van der Waals surface area contributed by atoms with Crippen LogP contribution in [0.4, 0.5) is 0 Å². The van der Waals surface area contributed by atoms with Gasteiger partial charge in [0.15, 0.2) is 0 Å². The molecular weight excluding hydrogens is 256 g/mol. The second-order valence-electron chi connectivity index (χ2n) is 9.56. The van der Waals surface area contributed by atoms with Crippen LogP contribution in [0.3, 0.4) is 0 Å². The highest BCUT2D eigenvalue weighted by Crippen LogP contribution is 2.71. The summed E-state index contributed by atoms with van der Waals surface area (Å²) in [6, 6.07) is 0. The number of rotatable bonds is 1. The Morgan fingerprint density at radius 1 is 0.952 bits per heavy atom. The van der Waals surface area contributed by atoms with Crippen LogP contribution in [0.2, 0.25) is 0 Å². The molecule has 0 aromatic carbocycles. The third kappa shape index (κ3) is 1.67. The molecule has 0 saturated heterocycles. The summed E-state index contributed by atoms with van der Waals surface area (Å²) >= 11 is 0. The molecule has 21 heavy (non-hydrogen) atoms. The molecule has 0 N–H and O–H groups in total. The maximum Gasteiger partial charge on any atom is 0.126 e. The van der Waals surface area contributed by atoms with Crippen LogP contribution in [-0.4, -0.2) is 6.29 Å². The third-order valence-corrected chi connectivity index (χ3v) is 8.24. The van der Waals surface area contributed by atoms with E-state index in [9.17, 15) is 4.79 Å². The second-order valence-corrected chi connectivity index (χ2v) is 9.56. The molecular formula is C20H30O. The van der Waals surface area contributed by atoms with Gasteiger partial charge in [-0.05, 0) is 73.0 Å². The zero-order valence-corrected chi connectivity index (χ0v) is 14.0. The van der Waals surface area contributed by atoms with Crippen molar-refractivity contribution in [2.75, 3.05) is 0 Å². The Morgan fingerprint density at radius 3 is 2.48 bits per heavy atom. The molecule has 0 heterocycles. The Morgan fingerprint density at radius 2 is 1.71 bits per heavy atom. The Labute approximate surface area is 129 Å². The fourth-order valence-corrected chi connectivity index (χ4v) is 7.32. The Balaban J connectivity index is 1.75. The lowest BCUT2D eigenvalue weighted by Crippen LogP contribution is -2.57. The largest absolute Gasteiger partial charge is 0.303 e. The Bertz CT molecular complexity index is 508. The molecule has 0 unspecified atom stereocenters. The van der Waals surface area contributed by atoms with Crippen LogP contribution in [0.25, 0.3) is 0 Å². The number of fused-ring (bicyclic) bond motifs is 3. The SMILES string of the molecule is C[C@]12C=C[C@@]3(CC[C@H]4[C@@](C)(CCC[C@@]4(C)C=O)[C@@H]3CC1)C2. The summed E-state index contributed by atoms with van der Waals surface area (Å²) < 4.78 is 0. The highest BCUT2D eigenvalue weighted by molar-refractivity contribution is 5.60. The van der Waals surface area contributed by atoms with E-state index in [1.165, 1.54) is 51.2 Å². The predicted octanol–water partition coefficient (Wildman–Crippen LogP) is 5.15. The van der Waals surface area contributed by atoms with Crippen molar-refractivity contribution < 1.29 is 4.79 Å². The maximum atomic E-state index is 11.8. The summed E-state index contributed by atoms with van der Waals surface area (Å²) in [5.74, 6) is 1.43. The zero-order chi connectivity index (χ0) is 14.9. The van der Waals surface area contributed by atoms with Gasteiger partial charge in [-0.15, -0.1) is 0 Å². The van der Waals surface area contributed by atoms with Crippen molar-refractivity contribution >= 4 is 6.29 Å². The van der Waals surface area contributed by atoms with Gasteiger partial charge in [0.25, 0.3) is 0 Å². The molecule has 6 atom stereocenters. The van der Waals surface area contributed by atoms with Gasteiger partial charge in [0.05, 0.1) is 0 Å². The quantitative estimate of drug-likeness (QED) is 0.481. The fourth-order valence-electron chi connectivity index (χ4n) is 7.32. The highest BCUT2D eigenvalue weighted by Gasteiger charge is 2.63. The summed E-state index contributed by atoms with van der Waals surface area (Å²) in [7, 11) is 0. The fraction of sp³-hybridized carbons (Fsp3) is 0.850. The summed E-state index contributed by atoms with van der Waals surface area (Å²) in [5.41, 5.74) is 1.28. The topological polar surface area (TPSA) is 17.1 Å². The first-order valence-electron chi connectivity index (χ1n) is 9.03. The predicted molar refractivity (Wildman–Crippen MR) is 85.9 cm³/mol. The van der Waals surface area contributed by atoms with E-state index in [-0.39, 0.29) is 5.41 Å². The molecule has 4 aliphatic carbocycles. The van der Waals surface area contributed by atoms with Crippen molar-refractivity contribution in [3.8, 4) is 0 Å². The van der Waals surface area contributed by atoms with E-state index in [0.717, 1.165) is 12.3 Å². The molecule has 0 radical (unpaired) electrons. The van der Waals surface area contributed by atoms with Crippen molar-refractivity contribution in [1.29, 1.82) is 0 Å². The number of allylic oxidation sites excluding steroid dienone is 2. The van der Waals surface area contributed by atoms with Gasteiger partial charge in [0, 0.05) is 5.41 Å². The molecule has 2 bridgehead atoms. The first-order valence-corrected chi connectivity index (χ1v) is 9.03. The smallest absolute Gasteiger partial charge is 0.126 e. The Hall–Kier alpha value is -0.590. The van der Waals surface area contributed by atoms with Crippen LogP contribution in [0, 0.1) is 33.5 Å². The minimum absolute atomic E-state index is 0.0579. The van der Waals surface area contributed by atoms with Crippen molar-refractivity contribution in [2.45, 2.75) is 72.1 Å². The second kappa shape index (κ2) is 4.03. The molecule has 0 amide bonds. The van der Waals surface area contributed by atoms with Gasteiger partial charge >= 0.3 is 0 Å². The molecule has 3 fully saturated rings. The molecule has 4 aliphatic rings. The van der Waals surface area contributed by atoms with Gasteiger partial charge < -0.3 is 4.79 Å².